The molecule has 1 fully saturated rings. The van der Waals surface area contributed by atoms with Crippen molar-refractivity contribution in [3.63, 3.8) is 0 Å². The lowest BCUT2D eigenvalue weighted by Gasteiger charge is -2.21. The number of oxazole rings is 1. The smallest absolute Gasteiger partial charge is 0.427 e. The van der Waals surface area contributed by atoms with Crippen molar-refractivity contribution in [3.05, 3.63) is 12.0 Å². The maximum Gasteiger partial charge on any atom is 0.434 e. The van der Waals surface area contributed by atoms with Crippen LogP contribution in [0.1, 0.15) is 18.5 Å². The van der Waals surface area contributed by atoms with E-state index >= 15 is 0 Å². The zero-order valence-corrected chi connectivity index (χ0v) is 9.88. The Morgan fingerprint density at radius 2 is 1.85 bits per heavy atom. The van der Waals surface area contributed by atoms with Gasteiger partial charge in [0, 0.05) is 12.6 Å². The maximum atomic E-state index is 12.2. The summed E-state index contributed by atoms with van der Waals surface area (Å²) in [6.07, 6.45) is -13.3. The van der Waals surface area contributed by atoms with Crippen molar-refractivity contribution in [2.75, 3.05) is 0 Å². The van der Waals surface area contributed by atoms with Crippen LogP contribution in [0, 0.1) is 0 Å². The summed E-state index contributed by atoms with van der Waals surface area (Å²) in [5, 5.41) is 2.98. The first-order valence-corrected chi connectivity index (χ1v) is 5.64. The highest BCUT2D eigenvalue weighted by molar-refractivity contribution is 5.02. The Balaban J connectivity index is 1.99. The number of nitrogens with one attached hydrogen (secondary N) is 1. The molecule has 10 heteroatoms. The molecule has 4 nitrogen and oxygen atoms in total. The fourth-order valence-electron chi connectivity index (χ4n) is 1.38. The minimum Gasteiger partial charge on any atom is -0.427 e. The van der Waals surface area contributed by atoms with E-state index in [9.17, 15) is 26.3 Å². The van der Waals surface area contributed by atoms with Crippen molar-refractivity contribution in [2.45, 2.75) is 43.9 Å². The summed E-state index contributed by atoms with van der Waals surface area (Å²) < 4.78 is 81.7. The molecule has 2 rings (SSSR count). The largest absolute Gasteiger partial charge is 0.434 e. The second-order valence-corrected chi connectivity index (χ2v) is 4.34. The molecular weight excluding hydrogens is 294 g/mol. The fourth-order valence-corrected chi connectivity index (χ4v) is 1.38. The molecule has 0 saturated heterocycles. The van der Waals surface area contributed by atoms with Crippen LogP contribution in [0.3, 0.4) is 0 Å². The Morgan fingerprint density at radius 3 is 2.35 bits per heavy atom. The van der Waals surface area contributed by atoms with Gasteiger partial charge in [0.2, 0.25) is 0 Å². The summed E-state index contributed by atoms with van der Waals surface area (Å²) in [5.74, 6) is 0. The molecule has 1 aliphatic rings. The predicted octanol–water partition coefficient (Wildman–Crippen LogP) is 2.80. The molecule has 0 aromatic carbocycles. The van der Waals surface area contributed by atoms with Crippen molar-refractivity contribution in [2.24, 2.45) is 0 Å². The van der Waals surface area contributed by atoms with Gasteiger partial charge in [-0.2, -0.15) is 31.3 Å². The molecule has 1 N–H and O–H groups in total. The molecule has 1 aromatic heterocycles. The maximum absolute atomic E-state index is 12.2. The van der Waals surface area contributed by atoms with E-state index in [1.165, 1.54) is 0 Å². The van der Waals surface area contributed by atoms with Gasteiger partial charge in [-0.25, -0.2) is 0 Å². The van der Waals surface area contributed by atoms with Gasteiger partial charge >= 0.3 is 18.4 Å². The Bertz CT molecular complexity index is 437. The van der Waals surface area contributed by atoms with Crippen LogP contribution in [-0.2, 0) is 6.54 Å². The van der Waals surface area contributed by atoms with E-state index in [2.05, 4.69) is 19.5 Å². The lowest BCUT2D eigenvalue weighted by molar-refractivity contribution is -0.303. The molecule has 1 aromatic rings. The summed E-state index contributed by atoms with van der Waals surface area (Å²) in [7, 11) is 0. The van der Waals surface area contributed by atoms with Crippen molar-refractivity contribution in [3.8, 4) is 6.08 Å². The van der Waals surface area contributed by atoms with E-state index in [1.54, 1.807) is 0 Å². The molecule has 1 heterocycles. The SMILES string of the molecule is FC(F)(F)C(Oc1nc(CNC2CC2)co1)C(F)(F)F. The van der Waals surface area contributed by atoms with Crippen LogP contribution in [0.25, 0.3) is 0 Å². The minimum absolute atomic E-state index is 0.176. The number of nitrogens with zero attached hydrogens (tertiary/aromatic N) is 1. The molecule has 0 bridgehead atoms. The highest BCUT2D eigenvalue weighted by atomic mass is 19.4. The minimum atomic E-state index is -5.60. The molecule has 0 amide bonds. The van der Waals surface area contributed by atoms with Crippen molar-refractivity contribution < 1.29 is 35.5 Å². The number of hydrogen-bond donors (Lipinski definition) is 1. The monoisotopic (exact) mass is 304 g/mol. The molecule has 1 saturated carbocycles. The van der Waals surface area contributed by atoms with Gasteiger partial charge < -0.3 is 14.5 Å². The molecule has 0 atom stereocenters. The van der Waals surface area contributed by atoms with Crippen molar-refractivity contribution >= 4 is 0 Å². The number of aromatic nitrogens is 1. The van der Waals surface area contributed by atoms with E-state index in [0.717, 1.165) is 19.1 Å². The Labute approximate surface area is 109 Å². The average Bonchev–Trinajstić information content (AvgIpc) is 3.00. The Kier molecular flexibility index (Phi) is 3.85. The van der Waals surface area contributed by atoms with Gasteiger partial charge in [0.25, 0.3) is 6.10 Å². The summed E-state index contributed by atoms with van der Waals surface area (Å²) in [5.41, 5.74) is 0.176. The van der Waals surface area contributed by atoms with Gasteiger partial charge in [-0.05, 0) is 12.8 Å². The van der Waals surface area contributed by atoms with Gasteiger partial charge in [0.15, 0.2) is 0 Å². The molecular formula is C10H10F6N2O2. The van der Waals surface area contributed by atoms with Crippen molar-refractivity contribution in [1.29, 1.82) is 0 Å². The Hall–Kier alpha value is -1.45. The van der Waals surface area contributed by atoms with Crippen LogP contribution in [-0.4, -0.2) is 29.5 Å². The Morgan fingerprint density at radius 1 is 1.25 bits per heavy atom. The molecule has 0 aliphatic heterocycles. The molecule has 0 radical (unpaired) electrons. The summed E-state index contributed by atoms with van der Waals surface area (Å²) >= 11 is 0. The highest BCUT2D eigenvalue weighted by Gasteiger charge is 2.59. The summed E-state index contributed by atoms with van der Waals surface area (Å²) in [6, 6.07) is 0.314. The molecule has 0 unspecified atom stereocenters. The van der Waals surface area contributed by atoms with E-state index in [4.69, 9.17) is 0 Å². The van der Waals surface area contributed by atoms with Gasteiger partial charge in [0.1, 0.15) is 6.26 Å². The fraction of sp³-hybridized carbons (Fsp3) is 0.700. The number of ether oxygens (including phenoxy) is 1. The number of halogens is 6. The predicted molar refractivity (Wildman–Crippen MR) is 52.9 cm³/mol. The highest BCUT2D eigenvalue weighted by Crippen LogP contribution is 2.36. The molecule has 114 valence electrons. The van der Waals surface area contributed by atoms with Crippen LogP contribution in [0.5, 0.6) is 6.08 Å². The quantitative estimate of drug-likeness (QED) is 0.850. The normalized spacial score (nSPS) is 16.8. The number of hydrogen-bond acceptors (Lipinski definition) is 4. The van der Waals surface area contributed by atoms with Crippen molar-refractivity contribution in [1.82, 2.24) is 10.3 Å². The first-order valence-electron chi connectivity index (χ1n) is 5.64. The second kappa shape index (κ2) is 5.15. The first kappa shape index (κ1) is 14.9. The number of rotatable bonds is 5. The lowest BCUT2D eigenvalue weighted by atomic mass is 10.3. The molecule has 0 spiro atoms. The molecule has 1 aliphatic carbocycles. The second-order valence-electron chi connectivity index (χ2n) is 4.34. The zero-order valence-electron chi connectivity index (χ0n) is 9.88. The number of alkyl halides is 6. The van der Waals surface area contributed by atoms with E-state index in [-0.39, 0.29) is 12.2 Å². The van der Waals surface area contributed by atoms with Crippen LogP contribution in [0.15, 0.2) is 10.7 Å². The van der Waals surface area contributed by atoms with Crippen LogP contribution in [0.4, 0.5) is 26.3 Å². The third-order valence-corrected chi connectivity index (χ3v) is 2.49. The first-order chi connectivity index (χ1) is 9.16. The van der Waals surface area contributed by atoms with E-state index in [0.29, 0.717) is 6.04 Å². The summed E-state index contributed by atoms with van der Waals surface area (Å²) in [6.45, 7) is 0.195. The third kappa shape index (κ3) is 4.02. The zero-order chi connectivity index (χ0) is 15.0. The van der Waals surface area contributed by atoms with Crippen LogP contribution >= 0.6 is 0 Å². The topological polar surface area (TPSA) is 47.3 Å². The van der Waals surface area contributed by atoms with E-state index in [1.807, 2.05) is 0 Å². The van der Waals surface area contributed by atoms with Gasteiger partial charge in [-0.1, -0.05) is 0 Å². The van der Waals surface area contributed by atoms with Gasteiger partial charge in [0.05, 0.1) is 5.69 Å². The van der Waals surface area contributed by atoms with Gasteiger partial charge in [-0.3, -0.25) is 0 Å². The van der Waals surface area contributed by atoms with Gasteiger partial charge in [-0.15, -0.1) is 0 Å². The average molecular weight is 304 g/mol. The summed E-state index contributed by atoms with van der Waals surface area (Å²) in [4.78, 5) is 3.43. The third-order valence-electron chi connectivity index (χ3n) is 2.49. The van der Waals surface area contributed by atoms with Crippen LogP contribution in [0.2, 0.25) is 0 Å². The lowest BCUT2D eigenvalue weighted by Crippen LogP contribution is -2.46. The molecule has 20 heavy (non-hydrogen) atoms. The van der Waals surface area contributed by atoms with E-state index < -0.39 is 24.5 Å². The van der Waals surface area contributed by atoms with Crippen LogP contribution < -0.4 is 10.1 Å². The standard InChI is InChI=1S/C10H10F6N2O2/c11-9(12,13)7(10(14,15)16)20-8-18-6(4-19-8)3-17-5-1-2-5/h4-5,7,17H,1-3H2.